The first kappa shape index (κ1) is 19.8. The molecule has 1 saturated heterocycles. The molecule has 1 aliphatic heterocycles. The largest absolute Gasteiger partial charge is 0.356 e. The van der Waals surface area contributed by atoms with Crippen LogP contribution in [0.4, 0.5) is 5.82 Å². The number of hydrogen-bond acceptors (Lipinski definition) is 6. The minimum atomic E-state index is 0.547. The molecule has 154 valence electrons. The zero-order valence-corrected chi connectivity index (χ0v) is 18.1. The van der Waals surface area contributed by atoms with Gasteiger partial charge in [-0.2, -0.15) is 4.98 Å². The van der Waals surface area contributed by atoms with Crippen molar-refractivity contribution in [2.75, 3.05) is 24.5 Å². The molecule has 0 bridgehead atoms. The highest BCUT2D eigenvalue weighted by Crippen LogP contribution is 2.34. The van der Waals surface area contributed by atoms with Crippen LogP contribution < -0.4 is 10.2 Å². The van der Waals surface area contributed by atoms with Gasteiger partial charge in [-0.1, -0.05) is 30.6 Å². The summed E-state index contributed by atoms with van der Waals surface area (Å²) in [7, 11) is 0. The standard InChI is InChI=1S/C23H31N5O/c1-14(2)13-24-19-6-8-28(9-7-19)22-20(23-25-17(5)27-29-23)12-18-11-15(3)10-16(4)21(18)26-22/h10-12,14,19,24H,6-9,13H2,1-5H3. The molecule has 3 heterocycles. The summed E-state index contributed by atoms with van der Waals surface area (Å²) in [5.74, 6) is 2.82. The molecule has 0 aliphatic carbocycles. The van der Waals surface area contributed by atoms with E-state index in [0.717, 1.165) is 54.8 Å². The van der Waals surface area contributed by atoms with Crippen molar-refractivity contribution < 1.29 is 4.52 Å². The predicted molar refractivity (Wildman–Crippen MR) is 117 cm³/mol. The van der Waals surface area contributed by atoms with E-state index in [-0.39, 0.29) is 0 Å². The van der Waals surface area contributed by atoms with Gasteiger partial charge in [-0.05, 0) is 63.8 Å². The molecular weight excluding hydrogens is 362 g/mol. The third-order valence-corrected chi connectivity index (χ3v) is 5.60. The van der Waals surface area contributed by atoms with Gasteiger partial charge in [0.1, 0.15) is 5.82 Å². The Morgan fingerprint density at radius 2 is 1.86 bits per heavy atom. The summed E-state index contributed by atoms with van der Waals surface area (Å²) in [6.07, 6.45) is 2.23. The zero-order chi connectivity index (χ0) is 20.5. The van der Waals surface area contributed by atoms with Crippen molar-refractivity contribution in [1.82, 2.24) is 20.4 Å². The van der Waals surface area contributed by atoms with Crippen LogP contribution in [0.1, 0.15) is 43.6 Å². The minimum Gasteiger partial charge on any atom is -0.356 e. The molecule has 2 aromatic heterocycles. The third-order valence-electron chi connectivity index (χ3n) is 5.60. The van der Waals surface area contributed by atoms with Crippen LogP contribution in [-0.2, 0) is 0 Å². The van der Waals surface area contributed by atoms with Crippen molar-refractivity contribution in [3.63, 3.8) is 0 Å². The summed E-state index contributed by atoms with van der Waals surface area (Å²) in [5.41, 5.74) is 4.40. The van der Waals surface area contributed by atoms with Crippen LogP contribution in [0.5, 0.6) is 0 Å². The van der Waals surface area contributed by atoms with E-state index in [4.69, 9.17) is 9.51 Å². The van der Waals surface area contributed by atoms with Crippen LogP contribution in [0, 0.1) is 26.7 Å². The van der Waals surface area contributed by atoms with Gasteiger partial charge in [0.25, 0.3) is 5.89 Å². The second-order valence-corrected chi connectivity index (χ2v) is 8.72. The molecule has 1 N–H and O–H groups in total. The lowest BCUT2D eigenvalue weighted by Gasteiger charge is -2.34. The highest BCUT2D eigenvalue weighted by atomic mass is 16.5. The highest BCUT2D eigenvalue weighted by Gasteiger charge is 2.25. The maximum Gasteiger partial charge on any atom is 0.261 e. The number of nitrogens with zero attached hydrogens (tertiary/aromatic N) is 4. The second kappa shape index (κ2) is 8.11. The molecule has 6 heteroatoms. The van der Waals surface area contributed by atoms with E-state index in [0.29, 0.717) is 23.7 Å². The van der Waals surface area contributed by atoms with Gasteiger partial charge >= 0.3 is 0 Å². The molecule has 6 nitrogen and oxygen atoms in total. The van der Waals surface area contributed by atoms with E-state index in [9.17, 15) is 0 Å². The number of nitrogens with one attached hydrogen (secondary N) is 1. The Morgan fingerprint density at radius 1 is 1.10 bits per heavy atom. The van der Waals surface area contributed by atoms with E-state index in [1.165, 1.54) is 11.1 Å². The fourth-order valence-electron chi connectivity index (χ4n) is 4.14. The number of aromatic nitrogens is 3. The van der Waals surface area contributed by atoms with E-state index in [1.54, 1.807) is 0 Å². The van der Waals surface area contributed by atoms with E-state index in [2.05, 4.69) is 66.3 Å². The Morgan fingerprint density at radius 3 is 2.52 bits per heavy atom. The lowest BCUT2D eigenvalue weighted by atomic mass is 10.0. The summed E-state index contributed by atoms with van der Waals surface area (Å²) in [4.78, 5) is 12.0. The van der Waals surface area contributed by atoms with Crippen molar-refractivity contribution >= 4 is 16.7 Å². The predicted octanol–water partition coefficient (Wildman–Crippen LogP) is 4.42. The van der Waals surface area contributed by atoms with Gasteiger partial charge in [-0.15, -0.1) is 0 Å². The average Bonchev–Trinajstić information content (AvgIpc) is 3.12. The van der Waals surface area contributed by atoms with Crippen molar-refractivity contribution in [3.8, 4) is 11.5 Å². The van der Waals surface area contributed by atoms with Gasteiger partial charge in [0, 0.05) is 24.5 Å². The molecule has 1 aliphatic rings. The third kappa shape index (κ3) is 4.27. The Kier molecular flexibility index (Phi) is 5.54. The van der Waals surface area contributed by atoms with Gasteiger partial charge in [0.05, 0.1) is 11.1 Å². The average molecular weight is 394 g/mol. The van der Waals surface area contributed by atoms with Gasteiger partial charge in [0.2, 0.25) is 0 Å². The molecule has 1 aromatic carbocycles. The van der Waals surface area contributed by atoms with E-state index < -0.39 is 0 Å². The Balaban J connectivity index is 1.69. The highest BCUT2D eigenvalue weighted by molar-refractivity contribution is 5.90. The monoisotopic (exact) mass is 393 g/mol. The number of fused-ring (bicyclic) bond motifs is 1. The van der Waals surface area contributed by atoms with Crippen LogP contribution in [0.3, 0.4) is 0 Å². The summed E-state index contributed by atoms with van der Waals surface area (Å²) in [5, 5.41) is 8.82. The SMILES string of the molecule is Cc1cc(C)c2nc(N3CCC(NCC(C)C)CC3)c(-c3nc(C)no3)cc2c1. The number of piperidine rings is 1. The van der Waals surface area contributed by atoms with Crippen molar-refractivity contribution in [2.24, 2.45) is 5.92 Å². The molecule has 0 amide bonds. The molecule has 0 atom stereocenters. The van der Waals surface area contributed by atoms with Gasteiger partial charge in [-0.25, -0.2) is 4.98 Å². The maximum absolute atomic E-state index is 5.54. The van der Waals surface area contributed by atoms with Crippen molar-refractivity contribution in [2.45, 2.75) is 53.5 Å². The maximum atomic E-state index is 5.54. The summed E-state index contributed by atoms with van der Waals surface area (Å²) >= 11 is 0. The fraction of sp³-hybridized carbons (Fsp3) is 0.522. The molecule has 1 fully saturated rings. The van der Waals surface area contributed by atoms with Crippen LogP contribution in [0.2, 0.25) is 0 Å². The van der Waals surface area contributed by atoms with Gasteiger partial charge in [-0.3, -0.25) is 0 Å². The first-order valence-electron chi connectivity index (χ1n) is 10.6. The van der Waals surface area contributed by atoms with Crippen molar-refractivity contribution in [3.05, 3.63) is 35.2 Å². The van der Waals surface area contributed by atoms with E-state index in [1.807, 2.05) is 6.92 Å². The van der Waals surface area contributed by atoms with Crippen LogP contribution in [-0.4, -0.2) is 40.8 Å². The molecule has 0 unspecified atom stereocenters. The van der Waals surface area contributed by atoms with Gasteiger partial charge in [0.15, 0.2) is 5.82 Å². The smallest absolute Gasteiger partial charge is 0.261 e. The number of aryl methyl sites for hydroxylation is 3. The molecular formula is C23H31N5O. The van der Waals surface area contributed by atoms with Gasteiger partial charge < -0.3 is 14.7 Å². The lowest BCUT2D eigenvalue weighted by Crippen LogP contribution is -2.44. The fourth-order valence-corrected chi connectivity index (χ4v) is 4.14. The molecule has 3 aromatic rings. The van der Waals surface area contributed by atoms with Crippen LogP contribution in [0.15, 0.2) is 22.7 Å². The summed E-state index contributed by atoms with van der Waals surface area (Å²) < 4.78 is 5.54. The molecule has 4 rings (SSSR count). The Bertz CT molecular complexity index is 1000. The number of anilines is 1. The van der Waals surface area contributed by atoms with E-state index >= 15 is 0 Å². The zero-order valence-electron chi connectivity index (χ0n) is 18.1. The molecule has 0 saturated carbocycles. The lowest BCUT2D eigenvalue weighted by molar-refractivity contribution is 0.391. The molecule has 0 radical (unpaired) electrons. The topological polar surface area (TPSA) is 67.1 Å². The quantitative estimate of drug-likeness (QED) is 0.692. The summed E-state index contributed by atoms with van der Waals surface area (Å²) in [6.45, 7) is 13.6. The normalized spacial score (nSPS) is 15.6. The molecule has 0 spiro atoms. The number of hydrogen-bond donors (Lipinski definition) is 1. The van der Waals surface area contributed by atoms with Crippen LogP contribution >= 0.6 is 0 Å². The first-order valence-corrected chi connectivity index (χ1v) is 10.6. The van der Waals surface area contributed by atoms with Crippen LogP contribution in [0.25, 0.3) is 22.4 Å². The Hall–Kier alpha value is -2.47. The number of rotatable bonds is 5. The van der Waals surface area contributed by atoms with Crippen molar-refractivity contribution in [1.29, 1.82) is 0 Å². The number of benzene rings is 1. The number of pyridine rings is 1. The first-order chi connectivity index (χ1) is 13.9. The Labute approximate surface area is 172 Å². The molecule has 29 heavy (non-hydrogen) atoms. The minimum absolute atomic E-state index is 0.547. The summed E-state index contributed by atoms with van der Waals surface area (Å²) in [6, 6.07) is 7.10. The second-order valence-electron chi connectivity index (χ2n) is 8.72.